The van der Waals surface area contributed by atoms with Crippen molar-refractivity contribution in [1.29, 1.82) is 0 Å². The van der Waals surface area contributed by atoms with Crippen LogP contribution in [0.5, 0.6) is 0 Å². The van der Waals surface area contributed by atoms with Crippen LogP contribution in [0.1, 0.15) is 90.4 Å². The van der Waals surface area contributed by atoms with Crippen LogP contribution in [0.3, 0.4) is 0 Å². The minimum Gasteiger partial charge on any atom is -0.396 e. The van der Waals surface area contributed by atoms with Crippen molar-refractivity contribution < 1.29 is 10.2 Å². The summed E-state index contributed by atoms with van der Waals surface area (Å²) in [6.07, 6.45) is 20.3. The van der Waals surface area contributed by atoms with E-state index in [1.54, 1.807) is 5.57 Å². The largest absolute Gasteiger partial charge is 0.396 e. The first-order valence-corrected chi connectivity index (χ1v) is 10.4. The number of allylic oxidation sites excluding steroid dienone is 3. The van der Waals surface area contributed by atoms with Gasteiger partial charge in [0.25, 0.3) is 0 Å². The summed E-state index contributed by atoms with van der Waals surface area (Å²) in [5.74, 6) is 1.21. The van der Waals surface area contributed by atoms with Crippen molar-refractivity contribution in [2.75, 3.05) is 6.61 Å². The zero-order valence-electron chi connectivity index (χ0n) is 15.7. The first-order chi connectivity index (χ1) is 11.7. The summed E-state index contributed by atoms with van der Waals surface area (Å²) < 4.78 is 0. The van der Waals surface area contributed by atoms with Crippen molar-refractivity contribution in [3.8, 4) is 0 Å². The molecule has 3 atom stereocenters. The van der Waals surface area contributed by atoms with E-state index in [0.717, 1.165) is 25.2 Å². The van der Waals surface area contributed by atoms with Crippen molar-refractivity contribution >= 4 is 0 Å². The average Bonchev–Trinajstić information content (AvgIpc) is 3.27. The fourth-order valence-electron chi connectivity index (χ4n) is 4.33. The van der Waals surface area contributed by atoms with Crippen molar-refractivity contribution in [2.24, 2.45) is 11.8 Å². The van der Waals surface area contributed by atoms with E-state index in [2.05, 4.69) is 19.1 Å². The van der Waals surface area contributed by atoms with Crippen LogP contribution < -0.4 is 0 Å². The van der Waals surface area contributed by atoms with E-state index < -0.39 is 0 Å². The van der Waals surface area contributed by atoms with Crippen molar-refractivity contribution in [2.45, 2.75) is 96.5 Å². The molecule has 2 heteroatoms. The molecule has 2 aliphatic rings. The molecule has 2 aliphatic carbocycles. The van der Waals surface area contributed by atoms with Gasteiger partial charge in [0.2, 0.25) is 0 Å². The molecule has 0 saturated carbocycles. The first-order valence-electron chi connectivity index (χ1n) is 10.4. The molecule has 24 heavy (non-hydrogen) atoms. The van der Waals surface area contributed by atoms with Gasteiger partial charge < -0.3 is 10.2 Å². The maximum Gasteiger partial charge on any atom is 0.0537 e. The van der Waals surface area contributed by atoms with Gasteiger partial charge in [-0.25, -0.2) is 0 Å². The second-order valence-corrected chi connectivity index (χ2v) is 7.91. The Bertz CT molecular complexity index is 410. The molecule has 0 radical (unpaired) electrons. The average molecular weight is 335 g/mol. The van der Waals surface area contributed by atoms with Gasteiger partial charge in [-0.3, -0.25) is 0 Å². The molecule has 0 bridgehead atoms. The number of hydrogen-bond donors (Lipinski definition) is 2. The van der Waals surface area contributed by atoms with Gasteiger partial charge in [-0.2, -0.15) is 0 Å². The fraction of sp³-hybridized carbons (Fsp3) is 0.818. The standard InChI is InChI=1S/C22H38O2/c1-2-22(24)13-6-3-8-18-14-15-19(16-18)9-7-12-21(17-23)20-10-4-5-11-20/h10,16,18,21-24H,2-9,11-15,17H2,1H3. The van der Waals surface area contributed by atoms with E-state index in [1.807, 2.05) is 0 Å². The molecule has 0 fully saturated rings. The molecule has 0 heterocycles. The lowest BCUT2D eigenvalue weighted by atomic mass is 9.92. The Hall–Kier alpha value is -0.600. The summed E-state index contributed by atoms with van der Waals surface area (Å²) in [5.41, 5.74) is 3.18. The van der Waals surface area contributed by atoms with Crippen LogP contribution in [0.2, 0.25) is 0 Å². The van der Waals surface area contributed by atoms with E-state index in [0.29, 0.717) is 12.5 Å². The molecule has 0 amide bonds. The van der Waals surface area contributed by atoms with Crippen LogP contribution in [0, 0.1) is 11.8 Å². The molecule has 0 aromatic rings. The Morgan fingerprint density at radius 3 is 2.75 bits per heavy atom. The third-order valence-corrected chi connectivity index (χ3v) is 6.01. The van der Waals surface area contributed by atoms with Gasteiger partial charge in [-0.1, -0.05) is 43.1 Å². The van der Waals surface area contributed by atoms with E-state index in [1.165, 1.54) is 69.8 Å². The summed E-state index contributed by atoms with van der Waals surface area (Å²) in [7, 11) is 0. The lowest BCUT2D eigenvalue weighted by Gasteiger charge is -2.15. The Morgan fingerprint density at radius 2 is 2.04 bits per heavy atom. The Morgan fingerprint density at radius 1 is 1.17 bits per heavy atom. The third kappa shape index (κ3) is 6.72. The summed E-state index contributed by atoms with van der Waals surface area (Å²) in [6, 6.07) is 0. The van der Waals surface area contributed by atoms with Gasteiger partial charge in [0.15, 0.2) is 0 Å². The molecule has 2 rings (SSSR count). The zero-order chi connectivity index (χ0) is 17.2. The monoisotopic (exact) mass is 334 g/mol. The second-order valence-electron chi connectivity index (χ2n) is 7.91. The third-order valence-electron chi connectivity index (χ3n) is 6.01. The topological polar surface area (TPSA) is 40.5 Å². The molecule has 2 nitrogen and oxygen atoms in total. The van der Waals surface area contributed by atoms with E-state index in [9.17, 15) is 10.2 Å². The smallest absolute Gasteiger partial charge is 0.0537 e. The molecule has 0 spiro atoms. The molecular weight excluding hydrogens is 296 g/mol. The van der Waals surface area contributed by atoms with E-state index in [-0.39, 0.29) is 6.10 Å². The summed E-state index contributed by atoms with van der Waals surface area (Å²) in [5, 5.41) is 19.2. The van der Waals surface area contributed by atoms with Gasteiger partial charge >= 0.3 is 0 Å². The molecule has 0 aromatic carbocycles. The molecular formula is C22H38O2. The molecule has 138 valence electrons. The normalized spacial score (nSPS) is 23.2. The summed E-state index contributed by atoms with van der Waals surface area (Å²) in [4.78, 5) is 0. The van der Waals surface area contributed by atoms with Crippen LogP contribution in [-0.2, 0) is 0 Å². The Balaban J connectivity index is 1.59. The van der Waals surface area contributed by atoms with Crippen molar-refractivity contribution in [1.82, 2.24) is 0 Å². The second kappa shape index (κ2) is 11.1. The SMILES string of the molecule is CCC(O)CCCCC1C=C(CCCC(CO)C2=CCCC2)CC1. The molecule has 0 saturated heterocycles. The predicted molar refractivity (Wildman–Crippen MR) is 102 cm³/mol. The van der Waals surface area contributed by atoms with Gasteiger partial charge in [-0.15, -0.1) is 0 Å². The fourth-order valence-corrected chi connectivity index (χ4v) is 4.33. The highest BCUT2D eigenvalue weighted by molar-refractivity contribution is 5.13. The molecule has 3 unspecified atom stereocenters. The summed E-state index contributed by atoms with van der Waals surface area (Å²) in [6.45, 7) is 2.39. The highest BCUT2D eigenvalue weighted by Crippen LogP contribution is 2.33. The minimum absolute atomic E-state index is 0.0888. The van der Waals surface area contributed by atoms with Crippen molar-refractivity contribution in [3.05, 3.63) is 23.3 Å². The molecule has 0 aliphatic heterocycles. The predicted octanol–water partition coefficient (Wildman–Crippen LogP) is 5.54. The van der Waals surface area contributed by atoms with Crippen LogP contribution in [0.4, 0.5) is 0 Å². The van der Waals surface area contributed by atoms with Crippen LogP contribution in [0.15, 0.2) is 23.3 Å². The zero-order valence-corrected chi connectivity index (χ0v) is 15.7. The lowest BCUT2D eigenvalue weighted by molar-refractivity contribution is 0.156. The van der Waals surface area contributed by atoms with Gasteiger partial charge in [0, 0.05) is 12.5 Å². The van der Waals surface area contributed by atoms with E-state index in [4.69, 9.17) is 0 Å². The number of unbranched alkanes of at least 4 members (excludes halogenated alkanes) is 1. The Labute approximate surface area is 149 Å². The number of aliphatic hydroxyl groups excluding tert-OH is 2. The quantitative estimate of drug-likeness (QED) is 0.363. The highest BCUT2D eigenvalue weighted by atomic mass is 16.3. The van der Waals surface area contributed by atoms with Crippen LogP contribution >= 0.6 is 0 Å². The van der Waals surface area contributed by atoms with Crippen LogP contribution in [-0.4, -0.2) is 22.9 Å². The number of hydrogen-bond acceptors (Lipinski definition) is 2. The number of aliphatic hydroxyl groups is 2. The number of rotatable bonds is 12. The maximum atomic E-state index is 9.62. The maximum absolute atomic E-state index is 9.62. The van der Waals surface area contributed by atoms with Gasteiger partial charge in [-0.05, 0) is 76.5 Å². The molecule has 2 N–H and O–H groups in total. The van der Waals surface area contributed by atoms with Gasteiger partial charge in [0.05, 0.1) is 6.10 Å². The van der Waals surface area contributed by atoms with Gasteiger partial charge in [0.1, 0.15) is 0 Å². The van der Waals surface area contributed by atoms with E-state index >= 15 is 0 Å². The highest BCUT2D eigenvalue weighted by Gasteiger charge is 2.18. The lowest BCUT2D eigenvalue weighted by Crippen LogP contribution is -2.08. The Kier molecular flexibility index (Phi) is 9.12. The first kappa shape index (κ1) is 19.7. The van der Waals surface area contributed by atoms with Crippen LogP contribution in [0.25, 0.3) is 0 Å². The summed E-state index contributed by atoms with van der Waals surface area (Å²) >= 11 is 0. The molecule has 0 aromatic heterocycles. The van der Waals surface area contributed by atoms with Crippen molar-refractivity contribution in [3.63, 3.8) is 0 Å². The minimum atomic E-state index is -0.0888.